The Morgan fingerprint density at radius 1 is 0.677 bits per heavy atom. The van der Waals surface area contributed by atoms with Crippen LogP contribution in [0.5, 0.6) is 0 Å². The molecule has 5 rings (SSSR count). The molecule has 2 unspecified atom stereocenters. The van der Waals surface area contributed by atoms with Crippen LogP contribution in [0.3, 0.4) is 0 Å². The minimum Gasteiger partial charge on any atom is -0.316 e. The topological polar surface area (TPSA) is 23.6 Å². The summed E-state index contributed by atoms with van der Waals surface area (Å²) in [5.41, 5.74) is 5.02. The Balaban J connectivity index is 1.71. The van der Waals surface area contributed by atoms with E-state index in [0.29, 0.717) is 0 Å². The molecule has 4 aromatic rings. The van der Waals surface area contributed by atoms with Crippen LogP contribution in [-0.2, 0) is 0 Å². The molecule has 3 nitrogen and oxygen atoms in total. The highest BCUT2D eigenvalue weighted by molar-refractivity contribution is 6.00. The smallest absolute Gasteiger partial charge is 0.256 e. The van der Waals surface area contributed by atoms with Gasteiger partial charge in [0, 0.05) is 22.5 Å². The maximum Gasteiger partial charge on any atom is 0.256 e. The number of hydrogen-bond acceptors (Lipinski definition) is 2. The van der Waals surface area contributed by atoms with E-state index in [0.717, 1.165) is 28.1 Å². The van der Waals surface area contributed by atoms with Gasteiger partial charge in [0.25, 0.3) is 5.91 Å². The molecule has 0 aliphatic carbocycles. The standard InChI is InChI=1S/C28H24N2O/c1-21(22-13-5-2-6-14-22)29-27(25-19-11-12-20-26(25)28(29)31)30(23-15-7-3-8-16-23)24-17-9-4-10-18-24/h2-21,27H,1H3. The average Bonchev–Trinajstić information content (AvgIpc) is 3.13. The number of fused-ring (bicyclic) bond motifs is 1. The van der Waals surface area contributed by atoms with Crippen molar-refractivity contribution in [2.75, 3.05) is 4.90 Å². The Morgan fingerprint density at radius 3 is 1.74 bits per heavy atom. The second kappa shape index (κ2) is 8.11. The van der Waals surface area contributed by atoms with E-state index in [1.165, 1.54) is 0 Å². The fourth-order valence-electron chi connectivity index (χ4n) is 4.47. The van der Waals surface area contributed by atoms with Gasteiger partial charge in [-0.25, -0.2) is 0 Å². The molecule has 0 radical (unpaired) electrons. The molecule has 0 N–H and O–H groups in total. The zero-order valence-electron chi connectivity index (χ0n) is 17.4. The molecule has 0 bridgehead atoms. The quantitative estimate of drug-likeness (QED) is 0.368. The van der Waals surface area contributed by atoms with Gasteiger partial charge in [-0.15, -0.1) is 0 Å². The van der Waals surface area contributed by atoms with E-state index in [4.69, 9.17) is 0 Å². The second-order valence-electron chi connectivity index (χ2n) is 7.80. The summed E-state index contributed by atoms with van der Waals surface area (Å²) in [5.74, 6) is 0.0637. The minimum atomic E-state index is -0.247. The van der Waals surface area contributed by atoms with E-state index >= 15 is 0 Å². The summed E-state index contributed by atoms with van der Waals surface area (Å²) in [6, 6.07) is 38.7. The van der Waals surface area contributed by atoms with E-state index in [1.807, 2.05) is 77.7 Å². The predicted molar refractivity (Wildman–Crippen MR) is 125 cm³/mol. The molecule has 1 aliphatic heterocycles. The number of amides is 1. The van der Waals surface area contributed by atoms with Crippen molar-refractivity contribution in [2.45, 2.75) is 19.1 Å². The molecule has 152 valence electrons. The van der Waals surface area contributed by atoms with Gasteiger partial charge in [0.1, 0.15) is 6.17 Å². The third kappa shape index (κ3) is 3.38. The number of benzene rings is 4. The molecule has 4 aromatic carbocycles. The molecule has 0 fully saturated rings. The fourth-order valence-corrected chi connectivity index (χ4v) is 4.47. The first-order valence-corrected chi connectivity index (χ1v) is 10.6. The Bertz CT molecular complexity index is 1140. The zero-order chi connectivity index (χ0) is 21.2. The molecule has 1 aliphatic rings. The predicted octanol–water partition coefficient (Wildman–Crippen LogP) is 6.74. The fraction of sp³-hybridized carbons (Fsp3) is 0.107. The summed E-state index contributed by atoms with van der Waals surface area (Å²) in [6.45, 7) is 2.11. The Labute approximate surface area is 183 Å². The maximum absolute atomic E-state index is 13.7. The Hall–Kier alpha value is -3.85. The van der Waals surface area contributed by atoms with Crippen molar-refractivity contribution in [2.24, 2.45) is 0 Å². The van der Waals surface area contributed by atoms with Gasteiger partial charge in [-0.05, 0) is 42.8 Å². The van der Waals surface area contributed by atoms with E-state index in [9.17, 15) is 4.79 Å². The Morgan fingerprint density at radius 2 is 1.16 bits per heavy atom. The monoisotopic (exact) mass is 404 g/mol. The van der Waals surface area contributed by atoms with Crippen molar-refractivity contribution < 1.29 is 4.79 Å². The van der Waals surface area contributed by atoms with Gasteiger partial charge in [-0.1, -0.05) is 84.9 Å². The number of rotatable bonds is 5. The first kappa shape index (κ1) is 19.1. The highest BCUT2D eigenvalue weighted by Crippen LogP contribution is 2.46. The second-order valence-corrected chi connectivity index (χ2v) is 7.80. The van der Waals surface area contributed by atoms with E-state index in [2.05, 4.69) is 54.3 Å². The normalized spacial score (nSPS) is 16.1. The largest absolute Gasteiger partial charge is 0.316 e. The van der Waals surface area contributed by atoms with Gasteiger partial charge < -0.3 is 9.80 Å². The summed E-state index contributed by atoms with van der Waals surface area (Å²) in [4.78, 5) is 18.0. The van der Waals surface area contributed by atoms with Crippen LogP contribution < -0.4 is 4.90 Å². The van der Waals surface area contributed by atoms with Crippen LogP contribution in [0.25, 0.3) is 0 Å². The lowest BCUT2D eigenvalue weighted by Crippen LogP contribution is -2.39. The third-order valence-electron chi connectivity index (χ3n) is 5.98. The summed E-state index contributed by atoms with van der Waals surface area (Å²) in [7, 11) is 0. The summed E-state index contributed by atoms with van der Waals surface area (Å²) in [5, 5.41) is 0. The molecular weight excluding hydrogens is 380 g/mol. The zero-order valence-corrected chi connectivity index (χ0v) is 17.4. The summed E-state index contributed by atoms with van der Waals surface area (Å²) >= 11 is 0. The van der Waals surface area contributed by atoms with Crippen molar-refractivity contribution in [1.29, 1.82) is 0 Å². The van der Waals surface area contributed by atoms with E-state index in [1.54, 1.807) is 0 Å². The van der Waals surface area contributed by atoms with Crippen LogP contribution in [-0.4, -0.2) is 10.8 Å². The van der Waals surface area contributed by atoms with Crippen molar-refractivity contribution in [3.8, 4) is 0 Å². The van der Waals surface area contributed by atoms with Crippen LogP contribution in [0.15, 0.2) is 115 Å². The number of carbonyl (C=O) groups is 1. The molecule has 1 heterocycles. The summed E-state index contributed by atoms with van der Waals surface area (Å²) < 4.78 is 0. The van der Waals surface area contributed by atoms with Gasteiger partial charge in [-0.2, -0.15) is 0 Å². The third-order valence-corrected chi connectivity index (χ3v) is 5.98. The highest BCUT2D eigenvalue weighted by atomic mass is 16.2. The Kier molecular flexibility index (Phi) is 5.01. The first-order chi connectivity index (χ1) is 15.3. The van der Waals surface area contributed by atoms with E-state index < -0.39 is 0 Å². The molecule has 0 saturated heterocycles. The molecule has 0 aromatic heterocycles. The van der Waals surface area contributed by atoms with Gasteiger partial charge in [0.05, 0.1) is 6.04 Å². The van der Waals surface area contributed by atoms with Crippen LogP contribution in [0.4, 0.5) is 11.4 Å². The summed E-state index contributed by atoms with van der Waals surface area (Å²) in [6.07, 6.45) is -0.247. The van der Waals surface area contributed by atoms with Crippen LogP contribution in [0.1, 0.15) is 40.6 Å². The van der Waals surface area contributed by atoms with Crippen LogP contribution >= 0.6 is 0 Å². The van der Waals surface area contributed by atoms with Gasteiger partial charge in [0.2, 0.25) is 0 Å². The van der Waals surface area contributed by atoms with Crippen molar-refractivity contribution in [3.05, 3.63) is 132 Å². The van der Waals surface area contributed by atoms with Gasteiger partial charge in [0.15, 0.2) is 0 Å². The van der Waals surface area contributed by atoms with Gasteiger partial charge in [-0.3, -0.25) is 4.79 Å². The van der Waals surface area contributed by atoms with Crippen LogP contribution in [0.2, 0.25) is 0 Å². The van der Waals surface area contributed by atoms with Crippen molar-refractivity contribution in [1.82, 2.24) is 4.90 Å². The lowest BCUT2D eigenvalue weighted by Gasteiger charge is -2.40. The molecule has 31 heavy (non-hydrogen) atoms. The van der Waals surface area contributed by atoms with E-state index in [-0.39, 0.29) is 18.1 Å². The molecule has 0 spiro atoms. The lowest BCUT2D eigenvalue weighted by molar-refractivity contribution is 0.0648. The number of hydrogen-bond donors (Lipinski definition) is 0. The SMILES string of the molecule is CC(c1ccccc1)N1C(=O)c2ccccc2C1N(c1ccccc1)c1ccccc1. The lowest BCUT2D eigenvalue weighted by atomic mass is 10.0. The number of nitrogens with zero attached hydrogens (tertiary/aromatic N) is 2. The first-order valence-electron chi connectivity index (χ1n) is 10.6. The molecule has 2 atom stereocenters. The molecule has 1 amide bonds. The van der Waals surface area contributed by atoms with Crippen molar-refractivity contribution >= 4 is 17.3 Å². The van der Waals surface area contributed by atoms with Gasteiger partial charge >= 0.3 is 0 Å². The molecule has 0 saturated carbocycles. The number of anilines is 2. The number of carbonyl (C=O) groups excluding carboxylic acids is 1. The van der Waals surface area contributed by atoms with Crippen molar-refractivity contribution in [3.63, 3.8) is 0 Å². The number of para-hydroxylation sites is 2. The maximum atomic E-state index is 13.7. The molecular formula is C28H24N2O. The minimum absolute atomic E-state index is 0.0637. The average molecular weight is 405 g/mol. The van der Waals surface area contributed by atoms with Crippen LogP contribution in [0, 0.1) is 0 Å². The highest BCUT2D eigenvalue weighted by Gasteiger charge is 2.43. The molecule has 3 heteroatoms.